The molecule has 0 unspecified atom stereocenters. The number of fused-ring (bicyclic) bond motifs is 1. The number of carbonyl (C=O) groups is 1. The zero-order valence-electron chi connectivity index (χ0n) is 13.0. The molecule has 0 fully saturated rings. The van der Waals surface area contributed by atoms with Crippen LogP contribution < -0.4 is 0 Å². The molecule has 1 aromatic rings. The van der Waals surface area contributed by atoms with Crippen molar-refractivity contribution in [2.45, 2.75) is 6.54 Å². The fourth-order valence-electron chi connectivity index (χ4n) is 2.48. The van der Waals surface area contributed by atoms with Crippen LogP contribution in [0.2, 0.25) is 5.02 Å². The van der Waals surface area contributed by atoms with Gasteiger partial charge in [0.05, 0.1) is 11.3 Å². The topological polar surface area (TPSA) is 70.1 Å². The second-order valence-electron chi connectivity index (χ2n) is 5.63. The van der Waals surface area contributed by atoms with Crippen LogP contribution in [0.3, 0.4) is 0 Å². The van der Waals surface area contributed by atoms with E-state index in [0.717, 1.165) is 5.56 Å². The van der Waals surface area contributed by atoms with E-state index < -0.39 is 10.0 Å². The highest BCUT2D eigenvalue weighted by Gasteiger charge is 2.25. The number of carbonyl (C=O) groups excluding carboxylic acids is 1. The Morgan fingerprint density at radius 2 is 2.00 bits per heavy atom. The van der Waals surface area contributed by atoms with Gasteiger partial charge in [0, 0.05) is 31.4 Å². The Balaban J connectivity index is 1.73. The molecule has 2 aliphatic heterocycles. The van der Waals surface area contributed by atoms with Gasteiger partial charge in [0.2, 0.25) is 0 Å². The van der Waals surface area contributed by atoms with Gasteiger partial charge < -0.3 is 9.80 Å². The zero-order chi connectivity index (χ0) is 17.3. The first-order valence-corrected chi connectivity index (χ1v) is 9.32. The van der Waals surface area contributed by atoms with Gasteiger partial charge in [0.15, 0.2) is 0 Å². The molecule has 0 aliphatic carbocycles. The van der Waals surface area contributed by atoms with Crippen LogP contribution in [-0.4, -0.2) is 49.3 Å². The van der Waals surface area contributed by atoms with Crippen molar-refractivity contribution in [1.29, 1.82) is 0 Å². The molecule has 0 saturated carbocycles. The van der Waals surface area contributed by atoms with Gasteiger partial charge >= 0.3 is 0 Å². The van der Waals surface area contributed by atoms with E-state index in [2.05, 4.69) is 4.40 Å². The molecule has 1 amide bonds. The number of nitrogens with zero attached hydrogens (tertiary/aromatic N) is 3. The van der Waals surface area contributed by atoms with Gasteiger partial charge in [-0.3, -0.25) is 4.79 Å². The first kappa shape index (κ1) is 16.7. The van der Waals surface area contributed by atoms with Crippen LogP contribution in [0, 0.1) is 0 Å². The molecule has 0 atom stereocenters. The summed E-state index contributed by atoms with van der Waals surface area (Å²) in [4.78, 5) is 15.9. The number of sulfonamides is 1. The van der Waals surface area contributed by atoms with E-state index in [-0.39, 0.29) is 11.7 Å². The van der Waals surface area contributed by atoms with Crippen molar-refractivity contribution in [3.63, 3.8) is 0 Å². The minimum atomic E-state index is -3.39. The molecule has 24 heavy (non-hydrogen) atoms. The molecular formula is C16H16ClN3O3S. The number of rotatable bonds is 3. The van der Waals surface area contributed by atoms with Crippen molar-refractivity contribution in [1.82, 2.24) is 9.80 Å². The molecule has 1 aromatic carbocycles. The predicted octanol–water partition coefficient (Wildman–Crippen LogP) is 1.80. The van der Waals surface area contributed by atoms with E-state index in [0.29, 0.717) is 29.5 Å². The van der Waals surface area contributed by atoms with Gasteiger partial charge in [-0.05, 0) is 29.8 Å². The zero-order valence-corrected chi connectivity index (χ0v) is 14.6. The van der Waals surface area contributed by atoms with E-state index in [4.69, 9.17) is 11.6 Å². The van der Waals surface area contributed by atoms with Gasteiger partial charge in [-0.1, -0.05) is 23.7 Å². The Hall–Kier alpha value is -2.12. The van der Waals surface area contributed by atoms with Crippen molar-refractivity contribution in [2.75, 3.05) is 19.3 Å². The first-order chi connectivity index (χ1) is 11.3. The number of hydrogen-bond donors (Lipinski definition) is 0. The number of amides is 1. The monoisotopic (exact) mass is 365 g/mol. The fraction of sp³-hybridized carbons (Fsp3) is 0.250. The van der Waals surface area contributed by atoms with Gasteiger partial charge in [0.1, 0.15) is 5.84 Å². The lowest BCUT2D eigenvalue weighted by Gasteiger charge is -2.28. The summed E-state index contributed by atoms with van der Waals surface area (Å²) < 4.78 is 26.7. The average Bonchev–Trinajstić information content (AvgIpc) is 2.55. The largest absolute Gasteiger partial charge is 0.337 e. The summed E-state index contributed by atoms with van der Waals surface area (Å²) in [6.07, 6.45) is 4.80. The molecule has 0 saturated heterocycles. The lowest BCUT2D eigenvalue weighted by molar-refractivity contribution is -0.126. The van der Waals surface area contributed by atoms with E-state index in [9.17, 15) is 13.2 Å². The van der Waals surface area contributed by atoms with Crippen LogP contribution in [0.25, 0.3) is 0 Å². The number of likely N-dealkylation sites (N-methyl/N-ethyl adjacent to an activating group) is 1. The van der Waals surface area contributed by atoms with Crippen molar-refractivity contribution in [3.8, 4) is 0 Å². The molecule has 0 N–H and O–H groups in total. The summed E-state index contributed by atoms with van der Waals surface area (Å²) in [5, 5.41) is 0.650. The molecule has 6 nitrogen and oxygen atoms in total. The molecule has 0 aromatic heterocycles. The maximum atomic E-state index is 12.6. The molecule has 2 heterocycles. The smallest absolute Gasteiger partial charge is 0.256 e. The quantitative estimate of drug-likeness (QED) is 0.819. The summed E-state index contributed by atoms with van der Waals surface area (Å²) in [5.74, 6) is 0.148. The average molecular weight is 366 g/mol. The number of halogens is 1. The minimum absolute atomic E-state index is 0.0527. The highest BCUT2D eigenvalue weighted by molar-refractivity contribution is 7.90. The second kappa shape index (κ2) is 6.41. The summed E-state index contributed by atoms with van der Waals surface area (Å²) >= 11 is 5.86. The number of benzene rings is 1. The van der Waals surface area contributed by atoms with Crippen LogP contribution >= 0.6 is 11.6 Å². The third-order valence-corrected chi connectivity index (χ3v) is 5.17. The Bertz CT molecular complexity index is 857. The van der Waals surface area contributed by atoms with Gasteiger partial charge in [-0.25, -0.2) is 8.42 Å². The highest BCUT2D eigenvalue weighted by Crippen LogP contribution is 2.18. The van der Waals surface area contributed by atoms with E-state index in [1.54, 1.807) is 47.3 Å². The van der Waals surface area contributed by atoms with Crippen LogP contribution in [0.5, 0.6) is 0 Å². The minimum Gasteiger partial charge on any atom is -0.337 e. The Morgan fingerprint density at radius 3 is 2.71 bits per heavy atom. The van der Waals surface area contributed by atoms with E-state index in [1.165, 1.54) is 0 Å². The van der Waals surface area contributed by atoms with Crippen LogP contribution in [-0.2, 0) is 21.4 Å². The van der Waals surface area contributed by atoms with Crippen molar-refractivity contribution >= 4 is 33.4 Å². The van der Waals surface area contributed by atoms with Crippen LogP contribution in [0.4, 0.5) is 0 Å². The molecular weight excluding hydrogens is 350 g/mol. The third kappa shape index (κ3) is 3.68. The summed E-state index contributed by atoms with van der Waals surface area (Å²) in [6.45, 7) is 0.750. The standard InChI is InChI=1S/C16H16ClN3O3S/c1-19(10-12-2-5-14(17)6-3-12)16(21)13-4-7-15-18-24(22,23)9-8-20(15)11-13/h2-7,11H,8-10H2,1H3. The lowest BCUT2D eigenvalue weighted by atomic mass is 10.1. The van der Waals surface area contributed by atoms with Crippen LogP contribution in [0.1, 0.15) is 5.56 Å². The molecule has 8 heteroatoms. The first-order valence-electron chi connectivity index (χ1n) is 7.33. The third-order valence-electron chi connectivity index (χ3n) is 3.75. The van der Waals surface area contributed by atoms with Crippen molar-refractivity contribution < 1.29 is 13.2 Å². The molecule has 0 radical (unpaired) electrons. The van der Waals surface area contributed by atoms with Gasteiger partial charge in [-0.15, -0.1) is 4.40 Å². The predicted molar refractivity (Wildman–Crippen MR) is 93.1 cm³/mol. The maximum Gasteiger partial charge on any atom is 0.256 e. The molecule has 0 bridgehead atoms. The molecule has 2 aliphatic rings. The second-order valence-corrected chi connectivity index (χ2v) is 7.83. The molecule has 126 valence electrons. The summed E-state index contributed by atoms with van der Waals surface area (Å²) in [5.41, 5.74) is 1.46. The highest BCUT2D eigenvalue weighted by atomic mass is 35.5. The summed E-state index contributed by atoms with van der Waals surface area (Å²) in [6, 6.07) is 7.31. The Labute approximate surface area is 145 Å². The SMILES string of the molecule is CN(Cc1ccc(Cl)cc1)C(=O)C1=CN2CCS(=O)(=O)N=C2C=C1. The normalized spacial score (nSPS) is 18.5. The van der Waals surface area contributed by atoms with Gasteiger partial charge in [0.25, 0.3) is 15.9 Å². The number of amidine groups is 1. The van der Waals surface area contributed by atoms with Crippen molar-refractivity contribution in [2.24, 2.45) is 4.40 Å². The van der Waals surface area contributed by atoms with E-state index in [1.807, 2.05) is 12.1 Å². The summed E-state index contributed by atoms with van der Waals surface area (Å²) in [7, 11) is -1.67. The van der Waals surface area contributed by atoms with Crippen LogP contribution in [0.15, 0.2) is 52.6 Å². The van der Waals surface area contributed by atoms with E-state index >= 15 is 0 Å². The van der Waals surface area contributed by atoms with Crippen molar-refractivity contribution in [3.05, 3.63) is 58.8 Å². The Kier molecular flexibility index (Phi) is 4.47. The molecule has 0 spiro atoms. The maximum absolute atomic E-state index is 12.6. The molecule has 3 rings (SSSR count). The fourth-order valence-corrected chi connectivity index (χ4v) is 3.58. The Morgan fingerprint density at radius 1 is 1.29 bits per heavy atom. The number of hydrogen-bond acceptors (Lipinski definition) is 4. The lowest BCUT2D eigenvalue weighted by Crippen LogP contribution is -2.38. The van der Waals surface area contributed by atoms with Gasteiger partial charge in [-0.2, -0.15) is 0 Å².